The third kappa shape index (κ3) is 5.08. The molecule has 0 spiro atoms. The smallest absolute Gasteiger partial charge is 0.337 e. The van der Waals surface area contributed by atoms with E-state index in [1.807, 2.05) is 30.3 Å². The Balaban J connectivity index is 1.66. The molecule has 0 atom stereocenters. The maximum Gasteiger partial charge on any atom is 0.337 e. The highest BCUT2D eigenvalue weighted by atomic mass is 32.2. The summed E-state index contributed by atoms with van der Waals surface area (Å²) < 4.78 is 4.66. The van der Waals surface area contributed by atoms with E-state index in [0.29, 0.717) is 22.1 Å². The minimum Gasteiger partial charge on any atom is -0.465 e. The van der Waals surface area contributed by atoms with Crippen LogP contribution < -0.4 is 10.9 Å². The Morgan fingerprint density at radius 2 is 1.89 bits per heavy atom. The van der Waals surface area contributed by atoms with Gasteiger partial charge in [0.1, 0.15) is 0 Å². The minimum atomic E-state index is -0.482. The van der Waals surface area contributed by atoms with Crippen molar-refractivity contribution in [2.45, 2.75) is 5.16 Å². The molecule has 0 unspecified atom stereocenters. The van der Waals surface area contributed by atoms with Gasteiger partial charge in [0.2, 0.25) is 5.91 Å². The summed E-state index contributed by atoms with van der Waals surface area (Å²) in [5.41, 5.74) is 1.89. The number of esters is 1. The fourth-order valence-corrected chi connectivity index (χ4v) is 3.11. The van der Waals surface area contributed by atoms with Crippen molar-refractivity contribution < 1.29 is 14.3 Å². The minimum absolute atomic E-state index is 0.0453. The molecule has 0 bridgehead atoms. The van der Waals surface area contributed by atoms with Gasteiger partial charge in [0.25, 0.3) is 5.56 Å². The molecule has 3 rings (SSSR count). The molecule has 2 aromatic carbocycles. The van der Waals surface area contributed by atoms with Crippen LogP contribution in [0.5, 0.6) is 0 Å². The molecule has 0 fully saturated rings. The number of hydrogen-bond donors (Lipinski definition) is 2. The number of anilines is 1. The largest absolute Gasteiger partial charge is 0.465 e. The van der Waals surface area contributed by atoms with Gasteiger partial charge in [-0.3, -0.25) is 9.59 Å². The van der Waals surface area contributed by atoms with E-state index in [-0.39, 0.29) is 17.2 Å². The standard InChI is InChI=1S/C20H17N3O4S/c1-27-19(26)14-8-5-9-15(10-14)21-18(25)12-28-20-22-16(11-17(24)23-20)13-6-3-2-4-7-13/h2-11H,12H2,1H3,(H,21,25)(H,22,23,24). The topological polar surface area (TPSA) is 101 Å². The van der Waals surface area contributed by atoms with Crippen molar-refractivity contribution in [2.24, 2.45) is 0 Å². The van der Waals surface area contributed by atoms with Crippen LogP contribution in [0, 0.1) is 0 Å². The number of nitrogens with zero attached hydrogens (tertiary/aromatic N) is 1. The molecule has 8 heteroatoms. The van der Waals surface area contributed by atoms with Gasteiger partial charge in [0, 0.05) is 17.3 Å². The van der Waals surface area contributed by atoms with Crippen molar-refractivity contribution in [3.8, 4) is 11.3 Å². The molecule has 3 aromatic rings. The van der Waals surface area contributed by atoms with Crippen LogP contribution in [-0.4, -0.2) is 34.7 Å². The number of nitrogens with one attached hydrogen (secondary N) is 2. The molecule has 0 saturated carbocycles. The number of benzene rings is 2. The Kier molecular flexibility index (Phi) is 6.23. The van der Waals surface area contributed by atoms with Crippen molar-refractivity contribution >= 4 is 29.3 Å². The Hall–Kier alpha value is -3.39. The summed E-state index contributed by atoms with van der Waals surface area (Å²) in [4.78, 5) is 42.7. The van der Waals surface area contributed by atoms with E-state index in [0.717, 1.165) is 17.3 Å². The number of thioether (sulfide) groups is 1. The van der Waals surface area contributed by atoms with Crippen LogP contribution in [-0.2, 0) is 9.53 Å². The quantitative estimate of drug-likeness (QED) is 0.378. The highest BCUT2D eigenvalue weighted by Gasteiger charge is 2.10. The van der Waals surface area contributed by atoms with Crippen molar-refractivity contribution in [3.05, 3.63) is 76.6 Å². The van der Waals surface area contributed by atoms with Crippen LogP contribution in [0.25, 0.3) is 11.3 Å². The molecule has 142 valence electrons. The summed E-state index contributed by atoms with van der Waals surface area (Å²) in [6, 6.07) is 17.2. The number of carbonyl (C=O) groups is 2. The van der Waals surface area contributed by atoms with Crippen molar-refractivity contribution in [1.82, 2.24) is 9.97 Å². The third-order valence-electron chi connectivity index (χ3n) is 3.70. The summed E-state index contributed by atoms with van der Waals surface area (Å²) in [5.74, 6) is -0.728. The molecule has 0 aliphatic carbocycles. The number of amides is 1. The van der Waals surface area contributed by atoms with Crippen LogP contribution in [0.2, 0.25) is 0 Å². The second kappa shape index (κ2) is 9.01. The van der Waals surface area contributed by atoms with Gasteiger partial charge in [-0.05, 0) is 18.2 Å². The molecule has 1 amide bonds. The molecule has 1 heterocycles. The monoisotopic (exact) mass is 395 g/mol. The maximum absolute atomic E-state index is 12.2. The van der Waals surface area contributed by atoms with Gasteiger partial charge in [-0.25, -0.2) is 9.78 Å². The molecule has 1 aromatic heterocycles. The predicted octanol–water partition coefficient (Wildman–Crippen LogP) is 2.95. The Bertz CT molecular complexity index is 1050. The molecular formula is C20H17N3O4S. The van der Waals surface area contributed by atoms with Gasteiger partial charge in [-0.2, -0.15) is 0 Å². The number of aromatic amines is 1. The molecular weight excluding hydrogens is 378 g/mol. The molecule has 2 N–H and O–H groups in total. The number of aromatic nitrogens is 2. The zero-order valence-electron chi connectivity index (χ0n) is 15.0. The summed E-state index contributed by atoms with van der Waals surface area (Å²) in [7, 11) is 1.29. The number of methoxy groups -OCH3 is 1. The lowest BCUT2D eigenvalue weighted by atomic mass is 10.1. The summed E-state index contributed by atoms with van der Waals surface area (Å²) in [5, 5.41) is 3.06. The van der Waals surface area contributed by atoms with Gasteiger partial charge in [-0.15, -0.1) is 0 Å². The number of rotatable bonds is 6. The zero-order chi connectivity index (χ0) is 19.9. The second-order valence-electron chi connectivity index (χ2n) is 5.71. The van der Waals surface area contributed by atoms with E-state index < -0.39 is 5.97 Å². The molecule has 28 heavy (non-hydrogen) atoms. The SMILES string of the molecule is COC(=O)c1cccc(NC(=O)CSc2nc(-c3ccccc3)cc(=O)[nH]2)c1. The average Bonchev–Trinajstić information content (AvgIpc) is 2.72. The van der Waals surface area contributed by atoms with Gasteiger partial charge < -0.3 is 15.0 Å². The van der Waals surface area contributed by atoms with E-state index in [1.54, 1.807) is 18.2 Å². The van der Waals surface area contributed by atoms with Crippen LogP contribution in [0.4, 0.5) is 5.69 Å². The second-order valence-corrected chi connectivity index (χ2v) is 6.68. The average molecular weight is 395 g/mol. The lowest BCUT2D eigenvalue weighted by molar-refractivity contribution is -0.113. The van der Waals surface area contributed by atoms with E-state index in [4.69, 9.17) is 0 Å². The highest BCUT2D eigenvalue weighted by molar-refractivity contribution is 7.99. The normalized spacial score (nSPS) is 10.3. The summed E-state index contributed by atoms with van der Waals surface area (Å²) in [6.45, 7) is 0. The lowest BCUT2D eigenvalue weighted by Crippen LogP contribution is -2.16. The summed E-state index contributed by atoms with van der Waals surface area (Å²) >= 11 is 1.12. The Morgan fingerprint density at radius 1 is 1.11 bits per heavy atom. The Morgan fingerprint density at radius 3 is 2.64 bits per heavy atom. The van der Waals surface area contributed by atoms with Crippen LogP contribution in [0.1, 0.15) is 10.4 Å². The maximum atomic E-state index is 12.2. The van der Waals surface area contributed by atoms with Gasteiger partial charge in [0.05, 0.1) is 24.1 Å². The number of carbonyl (C=O) groups excluding carboxylic acids is 2. The fraction of sp³-hybridized carbons (Fsp3) is 0.100. The van der Waals surface area contributed by atoms with Crippen molar-refractivity contribution in [1.29, 1.82) is 0 Å². The first kappa shape index (κ1) is 19.4. The van der Waals surface area contributed by atoms with E-state index >= 15 is 0 Å². The van der Waals surface area contributed by atoms with E-state index in [9.17, 15) is 14.4 Å². The lowest BCUT2D eigenvalue weighted by Gasteiger charge is -2.07. The zero-order valence-corrected chi connectivity index (χ0v) is 15.8. The third-order valence-corrected chi connectivity index (χ3v) is 4.57. The van der Waals surface area contributed by atoms with Crippen molar-refractivity contribution in [2.75, 3.05) is 18.2 Å². The fourth-order valence-electron chi connectivity index (χ4n) is 2.43. The van der Waals surface area contributed by atoms with Gasteiger partial charge in [0.15, 0.2) is 5.16 Å². The van der Waals surface area contributed by atoms with E-state index in [2.05, 4.69) is 20.0 Å². The molecule has 0 aliphatic rings. The van der Waals surface area contributed by atoms with Crippen LogP contribution >= 0.6 is 11.8 Å². The highest BCUT2D eigenvalue weighted by Crippen LogP contribution is 2.19. The molecule has 0 saturated heterocycles. The predicted molar refractivity (Wildman–Crippen MR) is 107 cm³/mol. The first-order valence-corrected chi connectivity index (χ1v) is 9.31. The van der Waals surface area contributed by atoms with Crippen LogP contribution in [0.15, 0.2) is 70.6 Å². The van der Waals surface area contributed by atoms with Gasteiger partial charge in [-0.1, -0.05) is 48.2 Å². The van der Waals surface area contributed by atoms with Crippen LogP contribution in [0.3, 0.4) is 0 Å². The first-order valence-electron chi connectivity index (χ1n) is 8.33. The first-order chi connectivity index (χ1) is 13.5. The van der Waals surface area contributed by atoms with Crippen molar-refractivity contribution in [3.63, 3.8) is 0 Å². The number of H-pyrrole nitrogens is 1. The van der Waals surface area contributed by atoms with Gasteiger partial charge >= 0.3 is 5.97 Å². The molecule has 0 aliphatic heterocycles. The molecule has 0 radical (unpaired) electrons. The number of hydrogen-bond acceptors (Lipinski definition) is 6. The number of ether oxygens (including phenoxy) is 1. The Labute approximate surface area is 165 Å². The summed E-state index contributed by atoms with van der Waals surface area (Å²) in [6.07, 6.45) is 0. The molecule has 7 nitrogen and oxygen atoms in total. The van der Waals surface area contributed by atoms with E-state index in [1.165, 1.54) is 19.2 Å².